The van der Waals surface area contributed by atoms with E-state index < -0.39 is 0 Å². The van der Waals surface area contributed by atoms with Crippen LogP contribution in [0.5, 0.6) is 5.75 Å². The van der Waals surface area contributed by atoms with Crippen LogP contribution in [0, 0.1) is 0 Å². The Morgan fingerprint density at radius 3 is 2.67 bits per heavy atom. The molecule has 0 aromatic heterocycles. The van der Waals surface area contributed by atoms with Gasteiger partial charge in [0.1, 0.15) is 11.9 Å². The fraction of sp³-hybridized carbons (Fsp3) is 0.588. The molecule has 2 atom stereocenters. The Kier molecular flexibility index (Phi) is 6.05. The highest BCUT2D eigenvalue weighted by Gasteiger charge is 2.24. The van der Waals surface area contributed by atoms with Crippen molar-refractivity contribution in [2.75, 3.05) is 5.32 Å². The molecule has 2 unspecified atom stereocenters. The molecule has 1 saturated carbocycles. The molecule has 2 rings (SSSR count). The molecular weight excluding hydrogens is 266 g/mol. The lowest BCUT2D eigenvalue weighted by Gasteiger charge is -2.28. The molecule has 1 aliphatic carbocycles. The number of benzene rings is 1. The second kappa shape index (κ2) is 8.03. The van der Waals surface area contributed by atoms with Gasteiger partial charge in [-0.1, -0.05) is 19.8 Å². The Labute approximate surface area is 126 Å². The van der Waals surface area contributed by atoms with Gasteiger partial charge in [-0.15, -0.1) is 0 Å². The maximum atomic E-state index is 11.6. The van der Waals surface area contributed by atoms with E-state index in [1.165, 1.54) is 0 Å². The molecule has 0 spiro atoms. The minimum Gasteiger partial charge on any atom is -0.488 e. The summed E-state index contributed by atoms with van der Waals surface area (Å²) in [6, 6.07) is 7.37. The summed E-state index contributed by atoms with van der Waals surface area (Å²) in [7, 11) is 0. The largest absolute Gasteiger partial charge is 0.488 e. The molecule has 1 aliphatic rings. The van der Waals surface area contributed by atoms with Gasteiger partial charge < -0.3 is 15.2 Å². The zero-order valence-electron chi connectivity index (χ0n) is 12.7. The van der Waals surface area contributed by atoms with Gasteiger partial charge in [0.15, 0.2) is 0 Å². The number of ether oxygens (including phenoxy) is 1. The van der Waals surface area contributed by atoms with Crippen LogP contribution in [0.15, 0.2) is 24.3 Å². The highest BCUT2D eigenvalue weighted by molar-refractivity contribution is 5.90. The summed E-state index contributed by atoms with van der Waals surface area (Å²) in [6.07, 6.45) is 5.90. The zero-order chi connectivity index (χ0) is 15.1. The van der Waals surface area contributed by atoms with Crippen molar-refractivity contribution >= 4 is 11.6 Å². The standard InChI is InChI=1S/C17H25NO3/c1-2-3-8-17(20)18-13-9-11-14(12-10-13)21-16-7-5-4-6-15(16)19/h9-12,15-16,19H,2-8H2,1H3,(H,18,20). The first-order valence-electron chi connectivity index (χ1n) is 7.93. The molecule has 4 nitrogen and oxygen atoms in total. The number of aliphatic hydroxyl groups is 1. The summed E-state index contributed by atoms with van der Waals surface area (Å²) >= 11 is 0. The van der Waals surface area contributed by atoms with Crippen LogP contribution in [0.1, 0.15) is 51.9 Å². The van der Waals surface area contributed by atoms with Crippen molar-refractivity contribution in [1.29, 1.82) is 0 Å². The molecule has 116 valence electrons. The molecule has 1 aromatic rings. The van der Waals surface area contributed by atoms with Crippen molar-refractivity contribution in [3.05, 3.63) is 24.3 Å². The number of nitrogens with one attached hydrogen (secondary N) is 1. The number of carbonyl (C=O) groups is 1. The van der Waals surface area contributed by atoms with Gasteiger partial charge >= 0.3 is 0 Å². The van der Waals surface area contributed by atoms with E-state index in [9.17, 15) is 9.90 Å². The highest BCUT2D eigenvalue weighted by atomic mass is 16.5. The number of amides is 1. The van der Waals surface area contributed by atoms with Gasteiger partial charge in [-0.3, -0.25) is 4.79 Å². The quantitative estimate of drug-likeness (QED) is 0.843. The average Bonchev–Trinajstić information content (AvgIpc) is 2.49. The maximum absolute atomic E-state index is 11.6. The Morgan fingerprint density at radius 1 is 1.29 bits per heavy atom. The molecule has 0 radical (unpaired) electrons. The van der Waals surface area contributed by atoms with Gasteiger partial charge in [-0.2, -0.15) is 0 Å². The maximum Gasteiger partial charge on any atom is 0.224 e. The van der Waals surface area contributed by atoms with Crippen LogP contribution >= 0.6 is 0 Å². The van der Waals surface area contributed by atoms with Gasteiger partial charge in [-0.25, -0.2) is 0 Å². The number of anilines is 1. The van der Waals surface area contributed by atoms with Crippen molar-refractivity contribution in [2.24, 2.45) is 0 Å². The molecule has 0 aliphatic heterocycles. The third-order valence-electron chi connectivity index (χ3n) is 3.85. The molecule has 0 heterocycles. The lowest BCUT2D eigenvalue weighted by molar-refractivity contribution is -0.116. The normalized spacial score (nSPS) is 21.8. The summed E-state index contributed by atoms with van der Waals surface area (Å²) in [5, 5.41) is 12.8. The molecule has 2 N–H and O–H groups in total. The predicted octanol–water partition coefficient (Wildman–Crippen LogP) is 3.50. The Balaban J connectivity index is 1.85. The summed E-state index contributed by atoms with van der Waals surface area (Å²) in [5.41, 5.74) is 0.785. The molecule has 0 bridgehead atoms. The minimum absolute atomic E-state index is 0.0493. The molecule has 0 saturated heterocycles. The van der Waals surface area contributed by atoms with E-state index in [-0.39, 0.29) is 18.1 Å². The van der Waals surface area contributed by atoms with Crippen molar-refractivity contribution < 1.29 is 14.6 Å². The SMILES string of the molecule is CCCCC(=O)Nc1ccc(OC2CCCCC2O)cc1. The van der Waals surface area contributed by atoms with Crippen molar-refractivity contribution in [3.63, 3.8) is 0 Å². The monoisotopic (exact) mass is 291 g/mol. The average molecular weight is 291 g/mol. The van der Waals surface area contributed by atoms with Crippen LogP contribution in [0.3, 0.4) is 0 Å². The third-order valence-corrected chi connectivity index (χ3v) is 3.85. The molecule has 1 aromatic carbocycles. The first-order valence-corrected chi connectivity index (χ1v) is 7.93. The van der Waals surface area contributed by atoms with E-state index in [1.807, 2.05) is 24.3 Å². The van der Waals surface area contributed by atoms with E-state index in [2.05, 4.69) is 12.2 Å². The smallest absolute Gasteiger partial charge is 0.224 e. The van der Waals surface area contributed by atoms with Gasteiger partial charge in [0.2, 0.25) is 5.91 Å². The van der Waals surface area contributed by atoms with E-state index >= 15 is 0 Å². The van der Waals surface area contributed by atoms with E-state index in [1.54, 1.807) is 0 Å². The molecule has 4 heteroatoms. The van der Waals surface area contributed by atoms with Gasteiger partial charge in [0.25, 0.3) is 0 Å². The van der Waals surface area contributed by atoms with Crippen LogP contribution in [-0.4, -0.2) is 23.2 Å². The zero-order valence-corrected chi connectivity index (χ0v) is 12.7. The fourth-order valence-corrected chi connectivity index (χ4v) is 2.57. The Bertz CT molecular complexity index is 444. The number of unbranched alkanes of at least 4 members (excludes halogenated alkanes) is 1. The van der Waals surface area contributed by atoms with Crippen LogP contribution < -0.4 is 10.1 Å². The van der Waals surface area contributed by atoms with Crippen LogP contribution in [0.4, 0.5) is 5.69 Å². The topological polar surface area (TPSA) is 58.6 Å². The first-order chi connectivity index (χ1) is 10.2. The second-order valence-corrected chi connectivity index (χ2v) is 5.68. The molecular formula is C17H25NO3. The van der Waals surface area contributed by atoms with Crippen molar-refractivity contribution in [1.82, 2.24) is 0 Å². The van der Waals surface area contributed by atoms with Crippen molar-refractivity contribution in [2.45, 2.75) is 64.1 Å². The summed E-state index contributed by atoms with van der Waals surface area (Å²) < 4.78 is 5.83. The van der Waals surface area contributed by atoms with Gasteiger partial charge in [0.05, 0.1) is 6.10 Å². The molecule has 21 heavy (non-hydrogen) atoms. The lowest BCUT2D eigenvalue weighted by atomic mass is 9.95. The van der Waals surface area contributed by atoms with E-state index in [0.717, 1.165) is 50.0 Å². The lowest BCUT2D eigenvalue weighted by Crippen LogP contribution is -2.34. The van der Waals surface area contributed by atoms with E-state index in [0.29, 0.717) is 6.42 Å². The predicted molar refractivity (Wildman–Crippen MR) is 83.5 cm³/mol. The number of rotatable bonds is 6. The second-order valence-electron chi connectivity index (χ2n) is 5.68. The Hall–Kier alpha value is -1.55. The summed E-state index contributed by atoms with van der Waals surface area (Å²) in [6.45, 7) is 2.07. The summed E-state index contributed by atoms with van der Waals surface area (Å²) in [5.74, 6) is 0.792. The fourth-order valence-electron chi connectivity index (χ4n) is 2.57. The molecule has 1 amide bonds. The highest BCUT2D eigenvalue weighted by Crippen LogP contribution is 2.24. The van der Waals surface area contributed by atoms with Crippen LogP contribution in [0.25, 0.3) is 0 Å². The van der Waals surface area contributed by atoms with Crippen LogP contribution in [-0.2, 0) is 4.79 Å². The van der Waals surface area contributed by atoms with Gasteiger partial charge in [-0.05, 0) is 49.9 Å². The summed E-state index contributed by atoms with van der Waals surface area (Å²) in [4.78, 5) is 11.6. The number of hydrogen-bond donors (Lipinski definition) is 2. The molecule has 1 fully saturated rings. The van der Waals surface area contributed by atoms with Gasteiger partial charge in [0, 0.05) is 12.1 Å². The first kappa shape index (κ1) is 15.8. The number of hydrogen-bond acceptors (Lipinski definition) is 3. The number of carbonyl (C=O) groups excluding carboxylic acids is 1. The van der Waals surface area contributed by atoms with Crippen LogP contribution in [0.2, 0.25) is 0 Å². The van der Waals surface area contributed by atoms with Crippen molar-refractivity contribution in [3.8, 4) is 5.75 Å². The Morgan fingerprint density at radius 2 is 2.00 bits per heavy atom. The number of aliphatic hydroxyl groups excluding tert-OH is 1. The minimum atomic E-state index is -0.368. The third kappa shape index (κ3) is 5.05. The van der Waals surface area contributed by atoms with E-state index in [4.69, 9.17) is 4.74 Å².